The number of fused-ring (bicyclic) bond motifs is 1. The van der Waals surface area contributed by atoms with E-state index in [-0.39, 0.29) is 5.54 Å². The van der Waals surface area contributed by atoms with Crippen LogP contribution >= 0.6 is 0 Å². The van der Waals surface area contributed by atoms with Gasteiger partial charge in [-0.1, -0.05) is 18.2 Å². The van der Waals surface area contributed by atoms with E-state index in [2.05, 4.69) is 62.0 Å². The van der Waals surface area contributed by atoms with Crippen molar-refractivity contribution in [1.29, 1.82) is 0 Å². The van der Waals surface area contributed by atoms with Crippen molar-refractivity contribution >= 4 is 16.6 Å². The predicted molar refractivity (Wildman–Crippen MR) is 79.2 cm³/mol. The van der Waals surface area contributed by atoms with Gasteiger partial charge in [-0.05, 0) is 39.8 Å². The number of aryl methyl sites for hydroxylation is 1. The number of anilines is 1. The molecular weight excluding hydrogens is 222 g/mol. The van der Waals surface area contributed by atoms with Crippen LogP contribution in [0.4, 0.5) is 5.69 Å². The number of H-pyrrole nitrogens is 1. The highest BCUT2D eigenvalue weighted by atomic mass is 15.2. The molecule has 3 heteroatoms. The number of nitrogens with zero attached hydrogens (tertiary/aromatic N) is 1. The molecule has 0 bridgehead atoms. The summed E-state index contributed by atoms with van der Waals surface area (Å²) in [5.74, 6) is 0. The van der Waals surface area contributed by atoms with E-state index in [0.717, 1.165) is 6.42 Å². The van der Waals surface area contributed by atoms with Crippen LogP contribution in [0.5, 0.6) is 0 Å². The molecule has 98 valence electrons. The lowest BCUT2D eigenvalue weighted by atomic mass is 9.97. The minimum atomic E-state index is 0.0600. The third-order valence-corrected chi connectivity index (χ3v) is 3.86. The summed E-state index contributed by atoms with van der Waals surface area (Å²) in [4.78, 5) is 5.79. The molecule has 0 saturated carbocycles. The maximum Gasteiger partial charge on any atom is 0.0656 e. The van der Waals surface area contributed by atoms with Crippen molar-refractivity contribution in [2.45, 2.75) is 32.7 Å². The van der Waals surface area contributed by atoms with Gasteiger partial charge in [-0.2, -0.15) is 0 Å². The largest absolute Gasteiger partial charge is 0.367 e. The molecule has 0 radical (unpaired) electrons. The van der Waals surface area contributed by atoms with Crippen LogP contribution in [-0.2, 0) is 0 Å². The van der Waals surface area contributed by atoms with Gasteiger partial charge >= 0.3 is 0 Å². The molecule has 2 aromatic rings. The van der Waals surface area contributed by atoms with Gasteiger partial charge in [0.05, 0.1) is 5.69 Å². The molecule has 3 nitrogen and oxygen atoms in total. The van der Waals surface area contributed by atoms with E-state index in [4.69, 9.17) is 5.73 Å². The Labute approximate surface area is 109 Å². The summed E-state index contributed by atoms with van der Waals surface area (Å²) in [5, 5.41) is 1.28. The number of aromatic amines is 1. The average Bonchev–Trinajstić information content (AvgIpc) is 2.63. The second kappa shape index (κ2) is 4.65. The lowest BCUT2D eigenvalue weighted by Crippen LogP contribution is -2.43. The fourth-order valence-electron chi connectivity index (χ4n) is 2.52. The minimum Gasteiger partial charge on any atom is -0.367 e. The summed E-state index contributed by atoms with van der Waals surface area (Å²) < 4.78 is 0. The first-order chi connectivity index (χ1) is 8.47. The van der Waals surface area contributed by atoms with Crippen LogP contribution in [0.25, 0.3) is 10.9 Å². The van der Waals surface area contributed by atoms with Crippen LogP contribution in [0.2, 0.25) is 0 Å². The van der Waals surface area contributed by atoms with E-state index >= 15 is 0 Å². The third-order valence-electron chi connectivity index (χ3n) is 3.86. The van der Waals surface area contributed by atoms with Crippen LogP contribution in [0.1, 0.15) is 26.0 Å². The fraction of sp³-hybridized carbons (Fsp3) is 0.467. The lowest BCUT2D eigenvalue weighted by Gasteiger charge is -2.37. The summed E-state index contributed by atoms with van der Waals surface area (Å²) in [6.07, 6.45) is 0.975. The highest BCUT2D eigenvalue weighted by Gasteiger charge is 2.26. The maximum atomic E-state index is 5.72. The molecule has 1 aromatic heterocycles. The summed E-state index contributed by atoms with van der Waals surface area (Å²) in [5.41, 5.74) is 9.47. The zero-order valence-electron chi connectivity index (χ0n) is 11.7. The number of rotatable bonds is 4. The Hall–Kier alpha value is -1.48. The standard InChI is InChI=1S/C15H23N3/c1-11-14(18(4)15(2,3)9-10-16)12-7-5-6-8-13(12)17-11/h5-8,17H,9-10,16H2,1-4H3. The number of hydrogen-bond donors (Lipinski definition) is 2. The third kappa shape index (κ3) is 2.10. The van der Waals surface area contributed by atoms with E-state index in [0.29, 0.717) is 6.54 Å². The van der Waals surface area contributed by atoms with Gasteiger partial charge in [-0.15, -0.1) is 0 Å². The molecule has 0 aliphatic rings. The van der Waals surface area contributed by atoms with E-state index in [1.807, 2.05) is 0 Å². The molecule has 0 atom stereocenters. The van der Waals surface area contributed by atoms with Crippen molar-refractivity contribution in [3.8, 4) is 0 Å². The second-order valence-electron chi connectivity index (χ2n) is 5.55. The molecule has 1 aromatic carbocycles. The topological polar surface area (TPSA) is 45.0 Å². The summed E-state index contributed by atoms with van der Waals surface area (Å²) in [6, 6.07) is 8.44. The summed E-state index contributed by atoms with van der Waals surface area (Å²) >= 11 is 0. The predicted octanol–water partition coefficient (Wildman–Crippen LogP) is 3.04. The van der Waals surface area contributed by atoms with Gasteiger partial charge in [-0.3, -0.25) is 0 Å². The fourth-order valence-corrected chi connectivity index (χ4v) is 2.52. The van der Waals surface area contributed by atoms with Crippen LogP contribution in [0, 0.1) is 6.92 Å². The van der Waals surface area contributed by atoms with Crippen molar-refractivity contribution in [3.63, 3.8) is 0 Å². The van der Waals surface area contributed by atoms with Gasteiger partial charge in [0, 0.05) is 29.2 Å². The zero-order chi connectivity index (χ0) is 13.3. The number of benzene rings is 1. The Morgan fingerprint density at radius 1 is 1.28 bits per heavy atom. The number of aromatic nitrogens is 1. The van der Waals surface area contributed by atoms with Gasteiger partial charge in [-0.25, -0.2) is 0 Å². The first-order valence-electron chi connectivity index (χ1n) is 6.48. The molecule has 1 heterocycles. The molecule has 0 fully saturated rings. The first kappa shape index (κ1) is 13.0. The van der Waals surface area contributed by atoms with Crippen molar-refractivity contribution in [1.82, 2.24) is 4.98 Å². The normalized spacial score (nSPS) is 12.1. The van der Waals surface area contributed by atoms with Crippen molar-refractivity contribution in [3.05, 3.63) is 30.0 Å². The van der Waals surface area contributed by atoms with Crippen LogP contribution in [0.3, 0.4) is 0 Å². The Bertz CT molecular complexity index is 540. The Kier molecular flexibility index (Phi) is 3.35. The lowest BCUT2D eigenvalue weighted by molar-refractivity contribution is 0.456. The average molecular weight is 245 g/mol. The van der Waals surface area contributed by atoms with E-state index in [1.165, 1.54) is 22.3 Å². The zero-order valence-corrected chi connectivity index (χ0v) is 11.7. The molecule has 0 spiro atoms. The smallest absolute Gasteiger partial charge is 0.0656 e. The molecule has 0 aliphatic carbocycles. The van der Waals surface area contributed by atoms with Crippen LogP contribution < -0.4 is 10.6 Å². The highest BCUT2D eigenvalue weighted by molar-refractivity contribution is 5.95. The molecule has 3 N–H and O–H groups in total. The molecule has 0 saturated heterocycles. The number of nitrogens with two attached hydrogens (primary N) is 1. The monoisotopic (exact) mass is 245 g/mol. The number of nitrogens with one attached hydrogen (secondary N) is 1. The van der Waals surface area contributed by atoms with Gasteiger partial charge in [0.1, 0.15) is 0 Å². The molecule has 0 aliphatic heterocycles. The number of para-hydroxylation sites is 1. The molecule has 18 heavy (non-hydrogen) atoms. The highest BCUT2D eigenvalue weighted by Crippen LogP contribution is 2.34. The van der Waals surface area contributed by atoms with Gasteiger partial charge in [0.2, 0.25) is 0 Å². The van der Waals surface area contributed by atoms with Crippen LogP contribution in [0.15, 0.2) is 24.3 Å². The SMILES string of the molecule is Cc1[nH]c2ccccc2c1N(C)C(C)(C)CCN. The minimum absolute atomic E-state index is 0.0600. The van der Waals surface area contributed by atoms with E-state index in [1.54, 1.807) is 0 Å². The maximum absolute atomic E-state index is 5.72. The molecule has 2 rings (SSSR count). The second-order valence-corrected chi connectivity index (χ2v) is 5.55. The van der Waals surface area contributed by atoms with E-state index < -0.39 is 0 Å². The Morgan fingerprint density at radius 3 is 2.61 bits per heavy atom. The Balaban J connectivity index is 2.50. The van der Waals surface area contributed by atoms with Gasteiger partial charge in [0.15, 0.2) is 0 Å². The van der Waals surface area contributed by atoms with Gasteiger partial charge < -0.3 is 15.6 Å². The number of hydrogen-bond acceptors (Lipinski definition) is 2. The molecule has 0 unspecified atom stereocenters. The van der Waals surface area contributed by atoms with Gasteiger partial charge in [0.25, 0.3) is 0 Å². The molecular formula is C15H23N3. The van der Waals surface area contributed by atoms with E-state index in [9.17, 15) is 0 Å². The molecule has 0 amide bonds. The quantitative estimate of drug-likeness (QED) is 0.869. The van der Waals surface area contributed by atoms with Crippen molar-refractivity contribution in [2.75, 3.05) is 18.5 Å². The summed E-state index contributed by atoms with van der Waals surface area (Å²) in [6.45, 7) is 7.31. The van der Waals surface area contributed by atoms with Crippen LogP contribution in [-0.4, -0.2) is 24.1 Å². The summed E-state index contributed by atoms with van der Waals surface area (Å²) in [7, 11) is 2.15. The van der Waals surface area contributed by atoms with Crippen molar-refractivity contribution in [2.24, 2.45) is 5.73 Å². The Morgan fingerprint density at radius 2 is 1.94 bits per heavy atom. The first-order valence-corrected chi connectivity index (χ1v) is 6.48. The van der Waals surface area contributed by atoms with Crippen molar-refractivity contribution < 1.29 is 0 Å².